The summed E-state index contributed by atoms with van der Waals surface area (Å²) in [5.41, 5.74) is 4.87. The summed E-state index contributed by atoms with van der Waals surface area (Å²) >= 11 is 14.4. The van der Waals surface area contributed by atoms with Crippen molar-refractivity contribution in [2.24, 2.45) is 0 Å². The van der Waals surface area contributed by atoms with Crippen molar-refractivity contribution >= 4 is 40.9 Å². The number of amides is 1. The molecule has 0 radical (unpaired) electrons. The predicted octanol–water partition coefficient (Wildman–Crippen LogP) is 6.67. The van der Waals surface area contributed by atoms with Crippen LogP contribution in [-0.2, 0) is 18.7 Å². The highest BCUT2D eigenvalue weighted by Crippen LogP contribution is 2.31. The number of aromatic nitrogens is 3. The summed E-state index contributed by atoms with van der Waals surface area (Å²) in [5.74, 6) is 1.11. The van der Waals surface area contributed by atoms with Gasteiger partial charge in [0.15, 0.2) is 11.0 Å². The van der Waals surface area contributed by atoms with Crippen LogP contribution in [-0.4, -0.2) is 20.7 Å². The maximum Gasteiger partial charge on any atom is 0.251 e. The smallest absolute Gasteiger partial charge is 0.251 e. The number of thioether (sulfide) groups is 1. The van der Waals surface area contributed by atoms with Gasteiger partial charge in [-0.25, -0.2) is 0 Å². The van der Waals surface area contributed by atoms with E-state index >= 15 is 0 Å². The number of carbonyl (C=O) groups is 1. The van der Waals surface area contributed by atoms with Crippen LogP contribution in [0, 0.1) is 6.92 Å². The highest BCUT2D eigenvalue weighted by Gasteiger charge is 2.18. The van der Waals surface area contributed by atoms with Gasteiger partial charge in [0.05, 0.1) is 17.3 Å². The quantitative estimate of drug-likeness (QED) is 0.269. The standard InChI is InChI=1S/C26H24Cl2N4OS/c1-3-18-8-10-19(11-9-18)25(33)29-15-24-30-31-26(34-16-20-7-5-4-6-17(20)2)32(24)23-14-21(27)12-13-22(23)28/h4-14H,3,15-16H2,1-2H3,(H,29,33). The molecule has 0 aliphatic heterocycles. The summed E-state index contributed by atoms with van der Waals surface area (Å²) < 4.78 is 1.86. The molecule has 1 N–H and O–H groups in total. The molecule has 0 spiro atoms. The van der Waals surface area contributed by atoms with E-state index in [0.717, 1.165) is 12.2 Å². The van der Waals surface area contributed by atoms with Gasteiger partial charge in [-0.15, -0.1) is 10.2 Å². The second-order valence-electron chi connectivity index (χ2n) is 7.78. The molecule has 1 heterocycles. The SMILES string of the molecule is CCc1ccc(C(=O)NCc2nnc(SCc3ccccc3C)n2-c2cc(Cl)ccc2Cl)cc1. The molecule has 8 heteroatoms. The third-order valence-corrected chi connectivity index (χ3v) is 7.03. The Hall–Kier alpha value is -2.80. The van der Waals surface area contributed by atoms with Gasteiger partial charge >= 0.3 is 0 Å². The summed E-state index contributed by atoms with van der Waals surface area (Å²) in [6.45, 7) is 4.36. The first-order valence-electron chi connectivity index (χ1n) is 10.9. The molecule has 4 aromatic rings. The van der Waals surface area contributed by atoms with Crippen LogP contribution in [0.3, 0.4) is 0 Å². The first-order valence-corrected chi connectivity index (χ1v) is 12.6. The van der Waals surface area contributed by atoms with Crippen LogP contribution >= 0.6 is 35.0 Å². The Bertz CT molecular complexity index is 1300. The van der Waals surface area contributed by atoms with Crippen molar-refractivity contribution in [1.82, 2.24) is 20.1 Å². The highest BCUT2D eigenvalue weighted by molar-refractivity contribution is 7.98. The third kappa shape index (κ3) is 5.63. The van der Waals surface area contributed by atoms with Crippen molar-refractivity contribution in [3.63, 3.8) is 0 Å². The van der Waals surface area contributed by atoms with Crippen molar-refractivity contribution in [2.75, 3.05) is 0 Å². The molecule has 0 aliphatic rings. The Morgan fingerprint density at radius 3 is 2.53 bits per heavy atom. The summed E-state index contributed by atoms with van der Waals surface area (Å²) in [6.07, 6.45) is 0.925. The predicted molar refractivity (Wildman–Crippen MR) is 139 cm³/mol. The lowest BCUT2D eigenvalue weighted by Gasteiger charge is -2.13. The lowest BCUT2D eigenvalue weighted by atomic mass is 10.1. The molecule has 174 valence electrons. The Balaban J connectivity index is 1.60. The maximum atomic E-state index is 12.7. The fraction of sp³-hybridized carbons (Fsp3) is 0.192. The molecular formula is C26H24Cl2N4OS. The fourth-order valence-corrected chi connectivity index (χ4v) is 4.88. The zero-order valence-electron chi connectivity index (χ0n) is 18.9. The van der Waals surface area contributed by atoms with E-state index in [1.54, 1.807) is 30.0 Å². The van der Waals surface area contributed by atoms with Gasteiger partial charge in [0.25, 0.3) is 5.91 Å². The van der Waals surface area contributed by atoms with Crippen molar-refractivity contribution < 1.29 is 4.79 Å². The van der Waals surface area contributed by atoms with Crippen LogP contribution in [0.1, 0.15) is 39.8 Å². The van der Waals surface area contributed by atoms with Gasteiger partial charge in [0.2, 0.25) is 0 Å². The molecule has 34 heavy (non-hydrogen) atoms. The number of benzene rings is 3. The number of carbonyl (C=O) groups excluding carboxylic acids is 1. The van der Waals surface area contributed by atoms with E-state index in [-0.39, 0.29) is 12.5 Å². The zero-order chi connectivity index (χ0) is 24.1. The normalized spacial score (nSPS) is 10.9. The summed E-state index contributed by atoms with van der Waals surface area (Å²) in [5, 5.41) is 13.5. The molecule has 0 bridgehead atoms. The molecule has 0 fully saturated rings. The summed E-state index contributed by atoms with van der Waals surface area (Å²) in [6, 6.07) is 21.1. The first-order chi connectivity index (χ1) is 16.5. The topological polar surface area (TPSA) is 59.8 Å². The van der Waals surface area contributed by atoms with Gasteiger partial charge in [-0.05, 0) is 60.4 Å². The molecule has 4 rings (SSSR count). The molecule has 0 unspecified atom stereocenters. The van der Waals surface area contributed by atoms with E-state index in [9.17, 15) is 4.79 Å². The van der Waals surface area contributed by atoms with Crippen molar-refractivity contribution in [1.29, 1.82) is 0 Å². The molecule has 5 nitrogen and oxygen atoms in total. The van der Waals surface area contributed by atoms with E-state index in [4.69, 9.17) is 23.2 Å². The van der Waals surface area contributed by atoms with E-state index < -0.39 is 0 Å². The summed E-state index contributed by atoms with van der Waals surface area (Å²) in [7, 11) is 0. The van der Waals surface area contributed by atoms with Gasteiger partial charge in [-0.3, -0.25) is 9.36 Å². The molecule has 0 atom stereocenters. The van der Waals surface area contributed by atoms with Crippen LogP contribution in [0.2, 0.25) is 10.0 Å². The minimum absolute atomic E-state index is 0.177. The number of halogens is 2. The Kier molecular flexibility index (Phi) is 7.93. The lowest BCUT2D eigenvalue weighted by Crippen LogP contribution is -2.24. The Labute approximate surface area is 213 Å². The third-order valence-electron chi connectivity index (χ3n) is 5.50. The van der Waals surface area contributed by atoms with Crippen LogP contribution < -0.4 is 5.32 Å². The highest BCUT2D eigenvalue weighted by atomic mass is 35.5. The molecule has 0 aliphatic carbocycles. The average molecular weight is 511 g/mol. The largest absolute Gasteiger partial charge is 0.345 e. The summed E-state index contributed by atoms with van der Waals surface area (Å²) in [4.78, 5) is 12.7. The number of hydrogen-bond acceptors (Lipinski definition) is 4. The number of hydrogen-bond donors (Lipinski definition) is 1. The van der Waals surface area contributed by atoms with Crippen molar-refractivity contribution in [3.05, 3.63) is 105 Å². The van der Waals surface area contributed by atoms with Crippen molar-refractivity contribution in [2.45, 2.75) is 37.7 Å². The van der Waals surface area contributed by atoms with Crippen molar-refractivity contribution in [3.8, 4) is 5.69 Å². The first kappa shape index (κ1) is 24.3. The van der Waals surface area contributed by atoms with Crippen LogP contribution in [0.15, 0.2) is 71.9 Å². The van der Waals surface area contributed by atoms with Gasteiger partial charge in [-0.2, -0.15) is 0 Å². The van der Waals surface area contributed by atoms with Crippen LogP contribution in [0.25, 0.3) is 5.69 Å². The van der Waals surface area contributed by atoms with Gasteiger partial charge in [0.1, 0.15) is 0 Å². The number of rotatable bonds is 8. The van der Waals surface area contributed by atoms with E-state index in [2.05, 4.69) is 41.5 Å². The second-order valence-corrected chi connectivity index (χ2v) is 9.56. The van der Waals surface area contributed by atoms with E-state index in [0.29, 0.717) is 32.3 Å². The number of nitrogens with one attached hydrogen (secondary N) is 1. The minimum atomic E-state index is -0.177. The minimum Gasteiger partial charge on any atom is -0.345 e. The monoisotopic (exact) mass is 510 g/mol. The van der Waals surface area contributed by atoms with E-state index in [1.807, 2.05) is 41.0 Å². The zero-order valence-corrected chi connectivity index (χ0v) is 21.2. The lowest BCUT2D eigenvalue weighted by molar-refractivity contribution is 0.0949. The second kappa shape index (κ2) is 11.1. The Morgan fingerprint density at radius 1 is 1.03 bits per heavy atom. The molecular weight excluding hydrogens is 487 g/mol. The maximum absolute atomic E-state index is 12.7. The molecule has 0 saturated heterocycles. The van der Waals surface area contributed by atoms with Gasteiger partial charge < -0.3 is 5.32 Å². The van der Waals surface area contributed by atoms with Gasteiger partial charge in [0, 0.05) is 16.3 Å². The van der Waals surface area contributed by atoms with Crippen LogP contribution in [0.5, 0.6) is 0 Å². The molecule has 0 saturated carbocycles. The fourth-order valence-electron chi connectivity index (χ4n) is 3.47. The number of nitrogens with zero attached hydrogens (tertiary/aromatic N) is 3. The number of aryl methyl sites for hydroxylation is 2. The molecule has 1 aromatic heterocycles. The Morgan fingerprint density at radius 2 is 1.79 bits per heavy atom. The molecule has 1 amide bonds. The van der Waals surface area contributed by atoms with Gasteiger partial charge in [-0.1, -0.05) is 78.3 Å². The molecule has 3 aromatic carbocycles. The van der Waals surface area contributed by atoms with Crippen LogP contribution in [0.4, 0.5) is 0 Å². The average Bonchev–Trinajstić information content (AvgIpc) is 3.26. The van der Waals surface area contributed by atoms with E-state index in [1.165, 1.54) is 16.7 Å².